The fourth-order valence-electron chi connectivity index (χ4n) is 3.14. The number of hydrogen-bond donors (Lipinski definition) is 2. The topological polar surface area (TPSA) is 40.5 Å². The molecule has 0 fully saturated rings. The van der Waals surface area contributed by atoms with Gasteiger partial charge in [0, 0.05) is 0 Å². The van der Waals surface area contributed by atoms with Crippen LogP contribution in [0.5, 0.6) is 11.5 Å². The maximum absolute atomic E-state index is 11.8. The summed E-state index contributed by atoms with van der Waals surface area (Å²) in [7, 11) is 0. The molecule has 258 valence electrons. The van der Waals surface area contributed by atoms with Gasteiger partial charge in [-0.2, -0.15) is 38.5 Å². The molecule has 0 spiro atoms. The minimum Gasteiger partial charge on any atom is -0.508 e. The molecule has 0 aromatic heterocycles. The van der Waals surface area contributed by atoms with E-state index in [4.69, 9.17) is 10.2 Å². The minimum atomic E-state index is -4.33. The molecule has 0 saturated carbocycles. The number of phenols is 2. The van der Waals surface area contributed by atoms with E-state index in [1.54, 1.807) is 27.4 Å². The number of phenolic OH excluding ortho intramolecular Hbond substituents is 2. The van der Waals surface area contributed by atoms with Crippen molar-refractivity contribution in [2.24, 2.45) is 16.2 Å². The molecule has 2 aromatic carbocycles. The summed E-state index contributed by atoms with van der Waals surface area (Å²) in [5.74, 6) is -0.337. The Balaban J connectivity index is 0.000000568. The van der Waals surface area contributed by atoms with Crippen LogP contribution < -0.4 is 0 Å². The second-order valence-corrected chi connectivity index (χ2v) is 15.7. The van der Waals surface area contributed by atoms with Crippen LogP contribution >= 0.6 is 0 Å². The van der Waals surface area contributed by atoms with Gasteiger partial charge < -0.3 is 10.2 Å². The molecule has 0 unspecified atom stereocenters. The second-order valence-electron chi connectivity index (χ2n) is 13.9. The van der Waals surface area contributed by atoms with E-state index < -0.39 is 23.5 Å². The van der Waals surface area contributed by atoms with E-state index in [1.165, 1.54) is 11.1 Å². The van der Waals surface area contributed by atoms with Crippen molar-refractivity contribution in [2.75, 3.05) is 0 Å². The molecule has 9 heteroatoms. The van der Waals surface area contributed by atoms with Crippen LogP contribution in [0.2, 0.25) is 0 Å². The molecule has 0 radical (unpaired) electrons. The largest absolute Gasteiger partial charge is 0.508 e. The Morgan fingerprint density at radius 1 is 0.574 bits per heavy atom. The number of hydrogen-bond acceptors (Lipinski definition) is 2. The normalized spacial score (nSPS) is 14.2. The molecule has 2 aromatic rings. The predicted octanol–water partition coefficient (Wildman–Crippen LogP) is 12.0. The van der Waals surface area contributed by atoms with Crippen LogP contribution in [-0.4, -0.2) is 13.4 Å². The predicted molar refractivity (Wildman–Crippen MR) is 176 cm³/mol. The first kappa shape index (κ1) is 44.3. The van der Waals surface area contributed by atoms with Crippen molar-refractivity contribution >= 4 is 3.21 Å². The number of allylic oxidation sites excluding steroid dienone is 8. The summed E-state index contributed by atoms with van der Waals surface area (Å²) in [6, 6.07) is 7.33. The van der Waals surface area contributed by atoms with Gasteiger partial charge in [-0.15, -0.1) is 12.8 Å². The third kappa shape index (κ3) is 19.7. The maximum atomic E-state index is 11.8. The quantitative estimate of drug-likeness (QED) is 0.208. The molecular weight excluding hydrogens is 694 g/mol. The van der Waals surface area contributed by atoms with E-state index in [-0.39, 0.29) is 11.5 Å². The summed E-state index contributed by atoms with van der Waals surface area (Å²) >= 11 is 1.57. The van der Waals surface area contributed by atoms with Crippen LogP contribution in [-0.2, 0) is 36.6 Å². The first-order valence-corrected chi connectivity index (χ1v) is 16.2. The van der Waals surface area contributed by atoms with Crippen molar-refractivity contribution in [1.29, 1.82) is 0 Å². The fourth-order valence-corrected chi connectivity index (χ4v) is 3.14. The summed E-state index contributed by atoms with van der Waals surface area (Å²) < 4.78 is 72.6. The molecule has 0 amide bonds. The molecular formula is C38H48F6O2Zr. The summed E-state index contributed by atoms with van der Waals surface area (Å²) in [5.41, 5.74) is 2.24. The van der Waals surface area contributed by atoms with E-state index in [0.29, 0.717) is 16.2 Å². The Hall–Kier alpha value is -2.67. The zero-order valence-electron chi connectivity index (χ0n) is 29.0. The standard InChI is InChI=1S/2C9H13.2C7H5F3O.C6H12.Zr/c2*1-9(2,3)8-6-4-5-7-8;2*8-7(9,10)5-1-3-6(11)4-2-5;1-5-6(2,3)4;/h2*4,6H,5H2,1-3H3;2*1-4,11H;1-4H3;/q2*-1;;;;+2. The van der Waals surface area contributed by atoms with Gasteiger partial charge in [-0.25, -0.2) is 23.3 Å². The van der Waals surface area contributed by atoms with Gasteiger partial charge >= 0.3 is 72.9 Å². The molecule has 47 heavy (non-hydrogen) atoms. The maximum Gasteiger partial charge on any atom is 0.416 e. The average Bonchev–Trinajstić information content (AvgIpc) is 3.64. The van der Waals surface area contributed by atoms with Crippen LogP contribution in [0.4, 0.5) is 26.3 Å². The van der Waals surface area contributed by atoms with Crippen molar-refractivity contribution in [1.82, 2.24) is 0 Å². The van der Waals surface area contributed by atoms with E-state index in [9.17, 15) is 26.3 Å². The van der Waals surface area contributed by atoms with Gasteiger partial charge in [-0.05, 0) is 59.4 Å². The van der Waals surface area contributed by atoms with Gasteiger partial charge in [0.1, 0.15) is 11.5 Å². The van der Waals surface area contributed by atoms with Gasteiger partial charge in [0.05, 0.1) is 11.1 Å². The second kappa shape index (κ2) is 18.8. The Labute approximate surface area is 292 Å². The molecule has 2 N–H and O–H groups in total. The SMILES string of the molecule is CC(C)(C)C1=[C-]CC=C1.CC(C)(C)C1=[C-]CC=C1.C[C](=[Zr+2])C(C)(C)C.Oc1ccc(C(F)(F)F)cc1.Oc1ccc(C(F)(F)F)cc1. The molecule has 0 heterocycles. The molecule has 0 bridgehead atoms. The molecule has 2 nitrogen and oxygen atoms in total. The number of benzene rings is 2. The van der Waals surface area contributed by atoms with Crippen LogP contribution in [0, 0.1) is 28.4 Å². The summed E-state index contributed by atoms with van der Waals surface area (Å²) in [5, 5.41) is 17.3. The van der Waals surface area contributed by atoms with E-state index in [1.807, 2.05) is 0 Å². The van der Waals surface area contributed by atoms with Gasteiger partial charge in [0.25, 0.3) is 0 Å². The average molecular weight is 742 g/mol. The van der Waals surface area contributed by atoms with Gasteiger partial charge in [-0.1, -0.05) is 41.5 Å². The first-order chi connectivity index (χ1) is 21.2. The monoisotopic (exact) mass is 740 g/mol. The Morgan fingerprint density at radius 2 is 0.830 bits per heavy atom. The first-order valence-electron chi connectivity index (χ1n) is 15.0. The third-order valence-electron chi connectivity index (χ3n) is 6.52. The molecule has 0 atom stereocenters. The van der Waals surface area contributed by atoms with Crippen molar-refractivity contribution in [3.05, 3.63) is 107 Å². The van der Waals surface area contributed by atoms with Crippen LogP contribution in [0.15, 0.2) is 84.0 Å². The summed E-state index contributed by atoms with van der Waals surface area (Å²) in [6.45, 7) is 22.2. The van der Waals surface area contributed by atoms with Gasteiger partial charge in [0.15, 0.2) is 0 Å². The zero-order chi connectivity index (χ0) is 36.9. The van der Waals surface area contributed by atoms with Crippen LogP contribution in [0.3, 0.4) is 0 Å². The van der Waals surface area contributed by atoms with Crippen LogP contribution in [0.1, 0.15) is 93.2 Å². The van der Waals surface area contributed by atoms with Crippen molar-refractivity contribution in [3.8, 4) is 11.5 Å². The fraction of sp³-hybridized carbons (Fsp3) is 0.447. The van der Waals surface area contributed by atoms with Gasteiger partial charge in [-0.3, -0.25) is 12.2 Å². The zero-order valence-corrected chi connectivity index (χ0v) is 31.5. The third-order valence-corrected chi connectivity index (χ3v) is 8.36. The Morgan fingerprint density at radius 3 is 0.957 bits per heavy atom. The smallest absolute Gasteiger partial charge is 0.416 e. The van der Waals surface area contributed by atoms with Crippen LogP contribution in [0.25, 0.3) is 0 Å². The molecule has 2 aliphatic rings. The van der Waals surface area contributed by atoms with E-state index in [2.05, 4.69) is 106 Å². The Bertz CT molecular complexity index is 1260. The molecule has 4 rings (SSSR count). The van der Waals surface area contributed by atoms with Gasteiger partial charge in [0.2, 0.25) is 0 Å². The molecule has 0 aliphatic heterocycles. The van der Waals surface area contributed by atoms with Crippen molar-refractivity contribution < 1.29 is 60.8 Å². The summed E-state index contributed by atoms with van der Waals surface area (Å²) in [6.07, 6.45) is 8.61. The Kier molecular flexibility index (Phi) is 17.7. The van der Waals surface area contributed by atoms with E-state index in [0.717, 1.165) is 61.4 Å². The van der Waals surface area contributed by atoms with Crippen molar-refractivity contribution in [3.63, 3.8) is 0 Å². The number of halogens is 6. The van der Waals surface area contributed by atoms with Crippen molar-refractivity contribution in [2.45, 2.75) is 94.4 Å². The number of rotatable bonds is 0. The number of alkyl halides is 6. The molecule has 2 aliphatic carbocycles. The van der Waals surface area contributed by atoms with E-state index >= 15 is 0 Å². The minimum absolute atomic E-state index is 0.169. The number of aromatic hydroxyl groups is 2. The molecule has 0 saturated heterocycles. The summed E-state index contributed by atoms with van der Waals surface area (Å²) in [4.78, 5) is 0.